The molecule has 1 aliphatic rings. The topological polar surface area (TPSA) is 51.0 Å². The normalized spacial score (nSPS) is 15.9. The van der Waals surface area contributed by atoms with Crippen molar-refractivity contribution in [2.45, 2.75) is 44.0 Å². The molecule has 1 amide bonds. The molecule has 0 saturated carbocycles. The number of carbonyl (C=O) groups is 1. The summed E-state index contributed by atoms with van der Waals surface area (Å²) in [5, 5.41) is 9.09. The zero-order valence-corrected chi connectivity index (χ0v) is 14.6. The average Bonchev–Trinajstić information content (AvgIpc) is 3.17. The summed E-state index contributed by atoms with van der Waals surface area (Å²) in [6.45, 7) is 7.72. The molecule has 0 aliphatic carbocycles. The Hall–Kier alpha value is -1.82. The first-order valence-corrected chi connectivity index (χ1v) is 8.89. The van der Waals surface area contributed by atoms with E-state index in [0.29, 0.717) is 0 Å². The van der Waals surface area contributed by atoms with Crippen molar-refractivity contribution in [1.29, 1.82) is 0 Å². The molecule has 0 unspecified atom stereocenters. The molecule has 1 aromatic heterocycles. The molecule has 0 bridgehead atoms. The van der Waals surface area contributed by atoms with Gasteiger partial charge in [0.15, 0.2) is 5.16 Å². The zero-order valence-electron chi connectivity index (χ0n) is 13.8. The molecule has 1 aliphatic heterocycles. The third-order valence-electron chi connectivity index (χ3n) is 4.10. The quantitative estimate of drug-likeness (QED) is 0.809. The van der Waals surface area contributed by atoms with Gasteiger partial charge in [-0.05, 0) is 51.3 Å². The maximum atomic E-state index is 12.5. The highest BCUT2D eigenvalue weighted by Crippen LogP contribution is 2.27. The first-order chi connectivity index (χ1) is 11.1. The fourth-order valence-electron chi connectivity index (χ4n) is 2.89. The van der Waals surface area contributed by atoms with Crippen LogP contribution < -0.4 is 0 Å². The first-order valence-electron chi connectivity index (χ1n) is 8.01. The number of carbonyl (C=O) groups excluding carboxylic acids is 1. The Morgan fingerprint density at radius 1 is 1.22 bits per heavy atom. The van der Waals surface area contributed by atoms with Crippen LogP contribution in [0.4, 0.5) is 0 Å². The van der Waals surface area contributed by atoms with Gasteiger partial charge in [0, 0.05) is 18.8 Å². The number of aromatic nitrogens is 3. The molecule has 122 valence electrons. The number of hydrogen-bond donors (Lipinski definition) is 0. The minimum absolute atomic E-state index is 0.153. The van der Waals surface area contributed by atoms with Crippen LogP contribution >= 0.6 is 11.8 Å². The second-order valence-electron chi connectivity index (χ2n) is 6.00. The molecule has 0 N–H and O–H groups in total. The van der Waals surface area contributed by atoms with Gasteiger partial charge in [-0.15, -0.1) is 10.2 Å². The number of aryl methyl sites for hydroxylation is 2. The lowest BCUT2D eigenvalue weighted by atomic mass is 10.2. The molecule has 2 aromatic rings. The van der Waals surface area contributed by atoms with Gasteiger partial charge in [-0.3, -0.25) is 9.36 Å². The molecule has 5 nitrogen and oxygen atoms in total. The van der Waals surface area contributed by atoms with Crippen LogP contribution in [-0.4, -0.2) is 43.9 Å². The minimum atomic E-state index is -0.153. The fraction of sp³-hybridized carbons (Fsp3) is 0.471. The van der Waals surface area contributed by atoms with Crippen molar-refractivity contribution in [3.63, 3.8) is 0 Å². The molecular weight excluding hydrogens is 308 g/mol. The van der Waals surface area contributed by atoms with Crippen LogP contribution in [0.15, 0.2) is 29.4 Å². The van der Waals surface area contributed by atoms with Crippen LogP contribution in [0.2, 0.25) is 0 Å². The van der Waals surface area contributed by atoms with Crippen molar-refractivity contribution in [2.75, 3.05) is 13.1 Å². The van der Waals surface area contributed by atoms with Crippen molar-refractivity contribution in [3.8, 4) is 5.69 Å². The molecule has 23 heavy (non-hydrogen) atoms. The van der Waals surface area contributed by atoms with Crippen molar-refractivity contribution < 1.29 is 4.79 Å². The summed E-state index contributed by atoms with van der Waals surface area (Å²) in [5.74, 6) is 1.03. The van der Waals surface area contributed by atoms with E-state index in [4.69, 9.17) is 0 Å². The van der Waals surface area contributed by atoms with Crippen molar-refractivity contribution in [1.82, 2.24) is 19.7 Å². The van der Waals surface area contributed by atoms with Crippen molar-refractivity contribution >= 4 is 17.7 Å². The van der Waals surface area contributed by atoms with Gasteiger partial charge in [0.2, 0.25) is 5.91 Å². The van der Waals surface area contributed by atoms with E-state index in [1.165, 1.54) is 17.3 Å². The van der Waals surface area contributed by atoms with Gasteiger partial charge in [0.05, 0.1) is 5.25 Å². The van der Waals surface area contributed by atoms with E-state index in [2.05, 4.69) is 29.3 Å². The summed E-state index contributed by atoms with van der Waals surface area (Å²) in [6.07, 6.45) is 2.23. The Morgan fingerprint density at radius 3 is 2.65 bits per heavy atom. The van der Waals surface area contributed by atoms with Crippen LogP contribution in [0.1, 0.15) is 31.2 Å². The number of hydrogen-bond acceptors (Lipinski definition) is 4. The molecule has 3 rings (SSSR count). The predicted molar refractivity (Wildman–Crippen MR) is 92.0 cm³/mol. The van der Waals surface area contributed by atoms with Crippen LogP contribution in [0.25, 0.3) is 5.69 Å². The van der Waals surface area contributed by atoms with Gasteiger partial charge in [-0.1, -0.05) is 23.9 Å². The van der Waals surface area contributed by atoms with Gasteiger partial charge in [0.25, 0.3) is 0 Å². The summed E-state index contributed by atoms with van der Waals surface area (Å²) in [7, 11) is 0. The lowest BCUT2D eigenvalue weighted by molar-refractivity contribution is -0.129. The monoisotopic (exact) mass is 330 g/mol. The highest BCUT2D eigenvalue weighted by molar-refractivity contribution is 8.00. The van der Waals surface area contributed by atoms with Crippen molar-refractivity contribution in [3.05, 3.63) is 35.7 Å². The van der Waals surface area contributed by atoms with Crippen molar-refractivity contribution in [2.24, 2.45) is 0 Å². The first kappa shape index (κ1) is 16.1. The SMILES string of the molecule is Cc1cccc(-n2c(C)nnc2S[C@@H](C)C(=O)N2CCCC2)c1. The number of thioether (sulfide) groups is 1. The number of nitrogens with zero attached hydrogens (tertiary/aromatic N) is 4. The zero-order chi connectivity index (χ0) is 16.4. The van der Waals surface area contributed by atoms with E-state index in [-0.39, 0.29) is 11.2 Å². The van der Waals surface area contributed by atoms with Gasteiger partial charge in [0.1, 0.15) is 5.82 Å². The smallest absolute Gasteiger partial charge is 0.235 e. The summed E-state index contributed by atoms with van der Waals surface area (Å²) in [4.78, 5) is 14.5. The van der Waals surface area contributed by atoms with Crippen LogP contribution in [0.3, 0.4) is 0 Å². The summed E-state index contributed by atoms with van der Waals surface area (Å²) >= 11 is 1.48. The molecule has 1 fully saturated rings. The number of rotatable bonds is 4. The van der Waals surface area contributed by atoms with Crippen LogP contribution in [0, 0.1) is 13.8 Å². The lowest BCUT2D eigenvalue weighted by Gasteiger charge is -2.19. The Bertz CT molecular complexity index is 706. The average molecular weight is 330 g/mol. The third kappa shape index (κ3) is 3.42. The molecule has 1 saturated heterocycles. The summed E-state index contributed by atoms with van der Waals surface area (Å²) in [5.41, 5.74) is 2.23. The number of likely N-dealkylation sites (tertiary alicyclic amines) is 1. The Kier molecular flexibility index (Phi) is 4.71. The molecule has 1 aromatic carbocycles. The summed E-state index contributed by atoms with van der Waals surface area (Å²) < 4.78 is 2.02. The van der Waals surface area contributed by atoms with Gasteiger partial charge in [-0.2, -0.15) is 0 Å². The largest absolute Gasteiger partial charge is 0.342 e. The van der Waals surface area contributed by atoms with E-state index in [0.717, 1.165) is 42.6 Å². The maximum absolute atomic E-state index is 12.5. The standard InChI is InChI=1S/C17H22N4OS/c1-12-7-6-8-15(11-12)21-14(3)18-19-17(21)23-13(2)16(22)20-9-4-5-10-20/h6-8,11,13H,4-5,9-10H2,1-3H3/t13-/m0/s1. The van der Waals surface area contributed by atoms with Gasteiger partial charge < -0.3 is 4.90 Å². The maximum Gasteiger partial charge on any atom is 0.235 e. The highest BCUT2D eigenvalue weighted by atomic mass is 32.2. The van der Waals surface area contributed by atoms with Crippen LogP contribution in [0.5, 0.6) is 0 Å². The van der Waals surface area contributed by atoms with E-state index in [9.17, 15) is 4.79 Å². The lowest BCUT2D eigenvalue weighted by Crippen LogP contribution is -2.34. The Balaban J connectivity index is 1.82. The van der Waals surface area contributed by atoms with Crippen LogP contribution in [-0.2, 0) is 4.79 Å². The highest BCUT2D eigenvalue weighted by Gasteiger charge is 2.26. The van der Waals surface area contributed by atoms with Gasteiger partial charge in [-0.25, -0.2) is 0 Å². The third-order valence-corrected chi connectivity index (χ3v) is 5.13. The fourth-order valence-corrected chi connectivity index (χ4v) is 3.88. The number of amides is 1. The second kappa shape index (κ2) is 6.74. The second-order valence-corrected chi connectivity index (χ2v) is 7.30. The van der Waals surface area contributed by atoms with E-state index in [1.807, 2.05) is 35.4 Å². The predicted octanol–water partition coefficient (Wildman–Crippen LogP) is 2.99. The van der Waals surface area contributed by atoms with Gasteiger partial charge >= 0.3 is 0 Å². The molecular formula is C17H22N4OS. The minimum Gasteiger partial charge on any atom is -0.342 e. The van der Waals surface area contributed by atoms with E-state index in [1.54, 1.807) is 0 Å². The Morgan fingerprint density at radius 2 is 1.96 bits per heavy atom. The molecule has 2 heterocycles. The number of benzene rings is 1. The molecule has 6 heteroatoms. The molecule has 0 spiro atoms. The summed E-state index contributed by atoms with van der Waals surface area (Å²) in [6, 6.07) is 8.24. The molecule has 0 radical (unpaired) electrons. The molecule has 1 atom stereocenters. The van der Waals surface area contributed by atoms with E-state index >= 15 is 0 Å². The van der Waals surface area contributed by atoms with E-state index < -0.39 is 0 Å². The Labute approximate surface area is 141 Å².